The first-order valence-electron chi connectivity index (χ1n) is 4.46. The number of hydrogen-bond donors (Lipinski definition) is 2. The van der Waals surface area contributed by atoms with E-state index in [-0.39, 0.29) is 124 Å². The van der Waals surface area contributed by atoms with Crippen LogP contribution in [0, 0.1) is 0 Å². The van der Waals surface area contributed by atoms with Crippen LogP contribution in [-0.2, 0) is 25.3 Å². The number of thiocarbonyl (C=S) groups is 2. The van der Waals surface area contributed by atoms with E-state index in [1.54, 1.807) is 14.1 Å². The van der Waals surface area contributed by atoms with Crippen LogP contribution in [0.25, 0.3) is 0 Å². The van der Waals surface area contributed by atoms with E-state index in [4.69, 9.17) is 49.7 Å². The maximum atomic E-state index is 9.67. The summed E-state index contributed by atoms with van der Waals surface area (Å²) in [5.74, 6) is 0. The predicted molar refractivity (Wildman–Crippen MR) is 77.2 cm³/mol. The Kier molecular flexibility index (Phi) is 20.5. The van der Waals surface area contributed by atoms with Crippen molar-refractivity contribution in [1.29, 1.82) is 0 Å². The minimum atomic E-state index is -0.947. The van der Waals surface area contributed by atoms with Crippen LogP contribution in [0.2, 0.25) is 0 Å². The van der Waals surface area contributed by atoms with Gasteiger partial charge in [0.15, 0.2) is 0 Å². The monoisotopic (exact) mass is 376 g/mol. The third-order valence-electron chi connectivity index (χ3n) is 1.99. The Balaban J connectivity index is -0.00000112. The minimum Gasteiger partial charge on any atom is -0.411 e. The van der Waals surface area contributed by atoms with E-state index in [0.717, 1.165) is 0 Å². The summed E-state index contributed by atoms with van der Waals surface area (Å²) < 4.78 is 0.497. The molecule has 0 aliphatic carbocycles. The Labute approximate surface area is 215 Å². The van der Waals surface area contributed by atoms with Crippen molar-refractivity contribution in [1.82, 2.24) is 9.80 Å². The molecule has 0 fully saturated rings. The van der Waals surface area contributed by atoms with Gasteiger partial charge in [-0.05, 0) is 0 Å². The standard InChI is InChI=1S/C8H16N2O2S4.2K/c1-9(7(13)14)3-5(11)6(12)4-10(2)8(15)16;;/h5-6,11-12H,3-4H2,1-2H3,(H,13,14)(H,15,16);;/q;2*+1/p-2. The fraction of sp³-hybridized carbons (Fsp3) is 0.750. The SMILES string of the molecule is CN(CC(O)C(O)CN(C)C(=S)[S-])C(=S)[S-].[K+].[K+]. The van der Waals surface area contributed by atoms with Gasteiger partial charge in [0.1, 0.15) is 0 Å². The third-order valence-corrected chi connectivity index (χ3v) is 3.24. The second kappa shape index (κ2) is 14.0. The van der Waals surface area contributed by atoms with Gasteiger partial charge in [0, 0.05) is 27.2 Å². The van der Waals surface area contributed by atoms with Gasteiger partial charge in [-0.25, -0.2) is 0 Å². The fourth-order valence-electron chi connectivity index (χ4n) is 0.954. The van der Waals surface area contributed by atoms with Crippen molar-refractivity contribution in [2.45, 2.75) is 12.2 Å². The van der Waals surface area contributed by atoms with Gasteiger partial charge in [-0.3, -0.25) is 0 Å². The van der Waals surface area contributed by atoms with Gasteiger partial charge in [0.05, 0.1) is 12.2 Å². The molecule has 0 spiro atoms. The van der Waals surface area contributed by atoms with Crippen LogP contribution < -0.4 is 103 Å². The van der Waals surface area contributed by atoms with Crippen molar-refractivity contribution in [3.8, 4) is 0 Å². The van der Waals surface area contributed by atoms with Gasteiger partial charge in [0.2, 0.25) is 0 Å². The van der Waals surface area contributed by atoms with Crippen LogP contribution in [0.5, 0.6) is 0 Å². The predicted octanol–water partition coefficient (Wildman–Crippen LogP) is -6.76. The van der Waals surface area contributed by atoms with Crippen LogP contribution in [0.15, 0.2) is 0 Å². The van der Waals surface area contributed by atoms with Crippen molar-refractivity contribution < 1.29 is 113 Å². The van der Waals surface area contributed by atoms with Crippen LogP contribution in [0.4, 0.5) is 0 Å². The summed E-state index contributed by atoms with van der Waals surface area (Å²) in [6.07, 6.45) is -1.89. The molecule has 4 nitrogen and oxygen atoms in total. The van der Waals surface area contributed by atoms with Crippen LogP contribution in [0.3, 0.4) is 0 Å². The Morgan fingerprint density at radius 1 is 0.944 bits per heavy atom. The van der Waals surface area contributed by atoms with E-state index >= 15 is 0 Å². The van der Waals surface area contributed by atoms with E-state index in [1.165, 1.54) is 9.80 Å². The molecule has 0 aromatic rings. The zero-order valence-corrected chi connectivity index (χ0v) is 20.5. The zero-order chi connectivity index (χ0) is 12.9. The van der Waals surface area contributed by atoms with Crippen LogP contribution in [-0.4, -0.2) is 68.0 Å². The molecule has 0 heterocycles. The number of rotatable bonds is 5. The summed E-state index contributed by atoms with van der Waals surface area (Å²) >= 11 is 19.0. The molecule has 94 valence electrons. The number of likely N-dealkylation sites (N-methyl/N-ethyl adjacent to an activating group) is 2. The summed E-state index contributed by atoms with van der Waals surface area (Å²) in [6.45, 7) is 0.364. The van der Waals surface area contributed by atoms with Crippen LogP contribution >= 0.6 is 24.4 Å². The van der Waals surface area contributed by atoms with Gasteiger partial charge in [-0.1, -0.05) is 8.64 Å². The van der Waals surface area contributed by atoms with E-state index in [0.29, 0.717) is 0 Å². The minimum absolute atomic E-state index is 0. The van der Waals surface area contributed by atoms with Gasteiger partial charge in [0.25, 0.3) is 0 Å². The first kappa shape index (κ1) is 26.3. The number of aliphatic hydroxyl groups is 2. The second-order valence-corrected chi connectivity index (χ2v) is 5.49. The molecule has 0 saturated heterocycles. The summed E-state index contributed by atoms with van der Waals surface area (Å²) in [5, 5.41) is 19.3. The first-order valence-corrected chi connectivity index (χ1v) is 6.09. The number of aliphatic hydroxyl groups excluding tert-OH is 2. The Morgan fingerprint density at radius 3 is 1.33 bits per heavy atom. The molecular weight excluding hydrogens is 363 g/mol. The summed E-state index contributed by atoms with van der Waals surface area (Å²) in [6, 6.07) is 0. The molecule has 2 atom stereocenters. The molecule has 18 heavy (non-hydrogen) atoms. The molecule has 0 bridgehead atoms. The molecule has 0 saturated carbocycles. The fourth-order valence-corrected chi connectivity index (χ4v) is 1.25. The van der Waals surface area contributed by atoms with Gasteiger partial charge < -0.3 is 69.7 Å². The molecule has 0 aromatic carbocycles. The average molecular weight is 377 g/mol. The van der Waals surface area contributed by atoms with E-state index < -0.39 is 12.2 Å². The van der Waals surface area contributed by atoms with Crippen molar-refractivity contribution in [3.63, 3.8) is 0 Å². The van der Waals surface area contributed by atoms with Gasteiger partial charge in [-0.15, -0.1) is 0 Å². The Bertz CT molecular complexity index is 247. The molecule has 2 N–H and O–H groups in total. The first-order chi connectivity index (χ1) is 7.25. The zero-order valence-electron chi connectivity index (χ0n) is 11.0. The van der Waals surface area contributed by atoms with Gasteiger partial charge >= 0.3 is 103 Å². The topological polar surface area (TPSA) is 46.9 Å². The molecule has 10 heteroatoms. The molecule has 0 aromatic heterocycles. The quantitative estimate of drug-likeness (QED) is 0.279. The second-order valence-electron chi connectivity index (χ2n) is 3.43. The van der Waals surface area contributed by atoms with Crippen LogP contribution in [0.1, 0.15) is 0 Å². The molecule has 0 rings (SSSR count). The van der Waals surface area contributed by atoms with E-state index in [1.807, 2.05) is 0 Å². The third kappa shape index (κ3) is 12.0. The summed E-state index contributed by atoms with van der Waals surface area (Å²) in [7, 11) is 3.32. The smallest absolute Gasteiger partial charge is 0.411 e. The van der Waals surface area contributed by atoms with Gasteiger partial charge in [-0.2, -0.15) is 0 Å². The average Bonchev–Trinajstić information content (AvgIpc) is 2.16. The molecular formula is C8H14K2N2O2S4. The molecule has 2 unspecified atom stereocenters. The van der Waals surface area contributed by atoms with Crippen molar-refractivity contribution in [2.75, 3.05) is 27.2 Å². The van der Waals surface area contributed by atoms with E-state index in [9.17, 15) is 10.2 Å². The normalized spacial score (nSPS) is 12.4. The molecule has 0 amide bonds. The molecule has 0 aliphatic heterocycles. The van der Waals surface area contributed by atoms with Crippen molar-refractivity contribution in [2.24, 2.45) is 0 Å². The largest absolute Gasteiger partial charge is 1.00 e. The maximum absolute atomic E-state index is 9.67. The summed E-state index contributed by atoms with van der Waals surface area (Å²) in [4.78, 5) is 3.04. The van der Waals surface area contributed by atoms with Crippen molar-refractivity contribution >= 4 is 58.3 Å². The number of hydrogen-bond acceptors (Lipinski definition) is 6. The number of nitrogens with zero attached hydrogens (tertiary/aromatic N) is 2. The van der Waals surface area contributed by atoms with Crippen molar-refractivity contribution in [3.05, 3.63) is 0 Å². The molecule has 0 aliphatic rings. The maximum Gasteiger partial charge on any atom is 1.00 e. The Morgan fingerprint density at radius 2 is 1.17 bits per heavy atom. The molecule has 0 radical (unpaired) electrons. The summed E-state index contributed by atoms with van der Waals surface area (Å²) in [5.41, 5.74) is 0. The Hall–Kier alpha value is 3.41. The van der Waals surface area contributed by atoms with E-state index in [2.05, 4.69) is 0 Å².